The molecule has 2 aliphatic rings. The number of aromatic nitrogens is 1. The number of para-hydroxylation sites is 2. The van der Waals surface area contributed by atoms with Crippen LogP contribution in [0.3, 0.4) is 0 Å². The van der Waals surface area contributed by atoms with Crippen molar-refractivity contribution in [1.29, 1.82) is 0 Å². The number of hydrogen-bond acceptors (Lipinski definition) is 5. The average Bonchev–Trinajstić information content (AvgIpc) is 2.87. The predicted octanol–water partition coefficient (Wildman–Crippen LogP) is 5.81. The van der Waals surface area contributed by atoms with Gasteiger partial charge in [0.25, 0.3) is 0 Å². The molecule has 0 aliphatic carbocycles. The van der Waals surface area contributed by atoms with Crippen molar-refractivity contribution in [1.82, 2.24) is 14.8 Å². The zero-order chi connectivity index (χ0) is 22.9. The van der Waals surface area contributed by atoms with Crippen molar-refractivity contribution in [2.24, 2.45) is 0 Å². The van der Waals surface area contributed by atoms with E-state index in [9.17, 15) is 0 Å². The second-order valence-electron chi connectivity index (χ2n) is 8.90. The Morgan fingerprint density at radius 3 is 2.32 bits per heavy atom. The molecule has 1 aromatic heterocycles. The zero-order valence-electron chi connectivity index (χ0n) is 19.0. The quantitative estimate of drug-likeness (QED) is 0.398. The minimum absolute atomic E-state index is 0.247. The van der Waals surface area contributed by atoms with Gasteiger partial charge >= 0.3 is 0 Å². The van der Waals surface area contributed by atoms with Crippen LogP contribution in [-0.4, -0.2) is 54.1 Å². The van der Waals surface area contributed by atoms with Gasteiger partial charge in [0.15, 0.2) is 0 Å². The summed E-state index contributed by atoms with van der Waals surface area (Å²) >= 11 is 6.12. The molecule has 5 nitrogen and oxygen atoms in total. The zero-order valence-corrected chi connectivity index (χ0v) is 19.7. The van der Waals surface area contributed by atoms with E-state index < -0.39 is 0 Å². The summed E-state index contributed by atoms with van der Waals surface area (Å²) in [5.74, 6) is 1.95. The largest absolute Gasteiger partial charge is 0.457 e. The molecule has 0 atom stereocenters. The van der Waals surface area contributed by atoms with E-state index >= 15 is 0 Å². The average molecular weight is 471 g/mol. The maximum atomic E-state index is 6.19. The summed E-state index contributed by atoms with van der Waals surface area (Å²) in [7, 11) is 0. The number of halogens is 1. The molecule has 0 amide bonds. The molecular formula is C28H27ClN4O. The Morgan fingerprint density at radius 1 is 0.882 bits per heavy atom. The Balaban J connectivity index is 1.10. The summed E-state index contributed by atoms with van der Waals surface area (Å²) in [5.41, 5.74) is 4.56. The van der Waals surface area contributed by atoms with Crippen molar-refractivity contribution < 1.29 is 4.74 Å². The number of rotatable bonds is 5. The van der Waals surface area contributed by atoms with E-state index in [2.05, 4.69) is 68.6 Å². The van der Waals surface area contributed by atoms with Crippen molar-refractivity contribution in [2.75, 3.05) is 44.6 Å². The van der Waals surface area contributed by atoms with Crippen molar-refractivity contribution in [3.8, 4) is 11.5 Å². The molecule has 0 unspecified atom stereocenters. The lowest BCUT2D eigenvalue weighted by molar-refractivity contribution is 0.108. The number of nitrogens with zero attached hydrogens (tertiary/aromatic N) is 3. The number of nitrogens with one attached hydrogen (secondary N) is 1. The Bertz CT molecular complexity index is 1270. The standard InChI is InChI=1S/C28H27ClN4O/c29-20-9-10-21-24(11-12-30-25(21)19-20)31-13-14-32-15-17-33(18-16-32)28-22-5-1-3-7-26(22)34-27-8-4-2-6-23(27)28/h1-12,19,28H,13-18H2,(H,30,31). The van der Waals surface area contributed by atoms with Gasteiger partial charge in [-0.25, -0.2) is 0 Å². The molecule has 0 saturated carbocycles. The van der Waals surface area contributed by atoms with Gasteiger partial charge in [-0.15, -0.1) is 0 Å². The Hall–Kier alpha value is -3.12. The summed E-state index contributed by atoms with van der Waals surface area (Å²) < 4.78 is 6.19. The Labute approximate surface area is 204 Å². The third kappa shape index (κ3) is 4.11. The second kappa shape index (κ2) is 9.26. The van der Waals surface area contributed by atoms with Gasteiger partial charge in [0.1, 0.15) is 11.5 Å². The normalized spacial score (nSPS) is 16.6. The van der Waals surface area contributed by atoms with Crippen LogP contribution in [0.25, 0.3) is 10.9 Å². The van der Waals surface area contributed by atoms with E-state index in [4.69, 9.17) is 16.3 Å². The summed E-state index contributed by atoms with van der Waals surface area (Å²) in [6.07, 6.45) is 1.84. The molecule has 172 valence electrons. The van der Waals surface area contributed by atoms with Gasteiger partial charge in [-0.3, -0.25) is 14.8 Å². The van der Waals surface area contributed by atoms with Gasteiger partial charge in [-0.05, 0) is 36.4 Å². The van der Waals surface area contributed by atoms with Crippen LogP contribution in [-0.2, 0) is 0 Å². The summed E-state index contributed by atoms with van der Waals surface area (Å²) in [5, 5.41) is 5.42. The van der Waals surface area contributed by atoms with E-state index in [1.165, 1.54) is 11.1 Å². The molecule has 0 bridgehead atoms. The molecule has 0 radical (unpaired) electrons. The van der Waals surface area contributed by atoms with Crippen LogP contribution < -0.4 is 10.1 Å². The van der Waals surface area contributed by atoms with Crippen LogP contribution in [0.1, 0.15) is 17.2 Å². The smallest absolute Gasteiger partial charge is 0.132 e. The fourth-order valence-corrected chi connectivity index (χ4v) is 5.31. The highest BCUT2D eigenvalue weighted by Crippen LogP contribution is 2.45. The first-order chi connectivity index (χ1) is 16.8. The maximum Gasteiger partial charge on any atom is 0.132 e. The minimum Gasteiger partial charge on any atom is -0.457 e. The van der Waals surface area contributed by atoms with Crippen molar-refractivity contribution in [2.45, 2.75) is 6.04 Å². The first kappa shape index (κ1) is 21.4. The predicted molar refractivity (Wildman–Crippen MR) is 138 cm³/mol. The lowest BCUT2D eigenvalue weighted by Crippen LogP contribution is -2.49. The topological polar surface area (TPSA) is 40.6 Å². The molecule has 4 aromatic rings. The molecule has 1 fully saturated rings. The molecule has 6 rings (SSSR count). The Morgan fingerprint density at radius 2 is 1.59 bits per heavy atom. The fourth-order valence-electron chi connectivity index (χ4n) is 5.15. The van der Waals surface area contributed by atoms with Gasteiger partial charge in [-0.1, -0.05) is 48.0 Å². The number of hydrogen-bond donors (Lipinski definition) is 1. The first-order valence-electron chi connectivity index (χ1n) is 11.9. The van der Waals surface area contributed by atoms with Crippen LogP contribution in [0.2, 0.25) is 5.02 Å². The molecule has 1 saturated heterocycles. The molecule has 1 N–H and O–H groups in total. The van der Waals surface area contributed by atoms with Gasteiger partial charge in [0, 0.05) is 72.7 Å². The lowest BCUT2D eigenvalue weighted by atomic mass is 9.92. The minimum atomic E-state index is 0.247. The molecule has 3 aromatic carbocycles. The van der Waals surface area contributed by atoms with E-state index in [-0.39, 0.29) is 6.04 Å². The van der Waals surface area contributed by atoms with E-state index in [1.807, 2.05) is 30.5 Å². The Kier molecular flexibility index (Phi) is 5.83. The number of ether oxygens (including phenoxy) is 1. The first-order valence-corrected chi connectivity index (χ1v) is 12.2. The molecule has 2 aliphatic heterocycles. The molecule has 0 spiro atoms. The van der Waals surface area contributed by atoms with E-state index in [0.717, 1.165) is 67.4 Å². The fraction of sp³-hybridized carbons (Fsp3) is 0.250. The molecule has 34 heavy (non-hydrogen) atoms. The van der Waals surface area contributed by atoms with Crippen LogP contribution in [0.4, 0.5) is 5.69 Å². The highest BCUT2D eigenvalue weighted by Gasteiger charge is 2.33. The highest BCUT2D eigenvalue weighted by molar-refractivity contribution is 6.31. The summed E-state index contributed by atoms with van der Waals surface area (Å²) in [6, 6.07) is 25.1. The van der Waals surface area contributed by atoms with E-state index in [1.54, 1.807) is 0 Å². The molecule has 6 heteroatoms. The SMILES string of the molecule is Clc1ccc2c(NCCN3CCN(C4c5ccccc5Oc5ccccc54)CC3)ccnc2c1. The highest BCUT2D eigenvalue weighted by atomic mass is 35.5. The lowest BCUT2D eigenvalue weighted by Gasteiger charge is -2.41. The number of anilines is 1. The second-order valence-corrected chi connectivity index (χ2v) is 9.34. The summed E-state index contributed by atoms with van der Waals surface area (Å²) in [6.45, 7) is 6.07. The summed E-state index contributed by atoms with van der Waals surface area (Å²) in [4.78, 5) is 9.58. The van der Waals surface area contributed by atoms with Gasteiger partial charge in [0.2, 0.25) is 0 Å². The van der Waals surface area contributed by atoms with Crippen molar-refractivity contribution in [3.63, 3.8) is 0 Å². The van der Waals surface area contributed by atoms with Crippen molar-refractivity contribution >= 4 is 28.2 Å². The van der Waals surface area contributed by atoms with Gasteiger partial charge in [-0.2, -0.15) is 0 Å². The number of fused-ring (bicyclic) bond motifs is 3. The van der Waals surface area contributed by atoms with Gasteiger partial charge < -0.3 is 10.1 Å². The van der Waals surface area contributed by atoms with Gasteiger partial charge in [0.05, 0.1) is 11.6 Å². The third-order valence-corrected chi connectivity index (χ3v) is 7.10. The third-order valence-electron chi connectivity index (χ3n) is 6.87. The monoisotopic (exact) mass is 470 g/mol. The molecule has 3 heterocycles. The maximum absolute atomic E-state index is 6.19. The van der Waals surface area contributed by atoms with Crippen LogP contribution in [0, 0.1) is 0 Å². The number of piperazine rings is 1. The van der Waals surface area contributed by atoms with Crippen molar-refractivity contribution in [3.05, 3.63) is 95.1 Å². The van der Waals surface area contributed by atoms with Crippen LogP contribution >= 0.6 is 11.6 Å². The van der Waals surface area contributed by atoms with E-state index in [0.29, 0.717) is 5.02 Å². The number of pyridine rings is 1. The number of benzene rings is 3. The van der Waals surface area contributed by atoms with Crippen LogP contribution in [0.5, 0.6) is 11.5 Å². The van der Waals surface area contributed by atoms with Crippen LogP contribution in [0.15, 0.2) is 79.0 Å². The molecular weight excluding hydrogens is 444 g/mol.